The Morgan fingerprint density at radius 3 is 2.93 bits per heavy atom. The van der Waals surface area contributed by atoms with E-state index in [1.807, 2.05) is 0 Å². The van der Waals surface area contributed by atoms with Crippen LogP contribution in [0.5, 0.6) is 5.88 Å². The summed E-state index contributed by atoms with van der Waals surface area (Å²) in [4.78, 5) is 11.7. The Labute approximate surface area is 169 Å². The van der Waals surface area contributed by atoms with Gasteiger partial charge in [-0.25, -0.2) is 11.6 Å². The number of halogens is 1. The number of nitrogens with zero attached hydrogens (tertiary/aromatic N) is 5. The summed E-state index contributed by atoms with van der Waals surface area (Å²) >= 11 is 0. The molecule has 3 rings (SSSR count). The predicted molar refractivity (Wildman–Crippen MR) is 106 cm³/mol. The van der Waals surface area contributed by atoms with E-state index >= 15 is 0 Å². The highest BCUT2D eigenvalue weighted by Gasteiger charge is 2.27. The summed E-state index contributed by atoms with van der Waals surface area (Å²) in [5.41, 5.74) is 0.501. The number of hydrogen-bond acceptors (Lipinski definition) is 6. The molecule has 0 aliphatic heterocycles. The molecule has 1 saturated carbocycles. The van der Waals surface area contributed by atoms with Crippen molar-refractivity contribution >= 4 is 11.6 Å². The first-order valence-corrected chi connectivity index (χ1v) is 9.84. The first-order chi connectivity index (χ1) is 13.8. The molecule has 0 radical (unpaired) electrons. The topological polar surface area (TPSA) is 89.5 Å². The minimum Gasteiger partial charge on any atom is -0.475 e. The average Bonchev–Trinajstić information content (AvgIpc) is 2.93. The van der Waals surface area contributed by atoms with Crippen molar-refractivity contribution in [3.05, 3.63) is 35.3 Å². The largest absolute Gasteiger partial charge is 0.475 e. The SMILES string of the molecule is [C-]#[N+]C(C)(C)n1cc(Nc2ncc(F)c(OCC3CCCC(O)CC3)n2)c(C)n1. The summed E-state index contributed by atoms with van der Waals surface area (Å²) in [5, 5.41) is 17.1. The lowest BCUT2D eigenvalue weighted by Crippen LogP contribution is -2.22. The van der Waals surface area contributed by atoms with E-state index in [1.165, 1.54) is 0 Å². The molecule has 1 aliphatic rings. The third kappa shape index (κ3) is 5.21. The lowest BCUT2D eigenvalue weighted by atomic mass is 10.0. The number of hydrogen-bond donors (Lipinski definition) is 2. The van der Waals surface area contributed by atoms with Gasteiger partial charge >= 0.3 is 5.66 Å². The molecule has 9 heteroatoms. The smallest absolute Gasteiger partial charge is 0.319 e. The Hall–Kier alpha value is -2.73. The number of aliphatic hydroxyl groups is 1. The summed E-state index contributed by atoms with van der Waals surface area (Å²) in [6.45, 7) is 13.0. The van der Waals surface area contributed by atoms with E-state index in [4.69, 9.17) is 11.3 Å². The van der Waals surface area contributed by atoms with Crippen LogP contribution in [0.2, 0.25) is 0 Å². The van der Waals surface area contributed by atoms with E-state index in [1.54, 1.807) is 31.6 Å². The average molecular weight is 402 g/mol. The normalized spacial score (nSPS) is 20.0. The molecular formula is C20H27FN6O2. The minimum atomic E-state index is -0.811. The van der Waals surface area contributed by atoms with Gasteiger partial charge < -0.3 is 15.2 Å². The number of rotatable bonds is 6. The molecule has 8 nitrogen and oxygen atoms in total. The van der Waals surface area contributed by atoms with E-state index < -0.39 is 11.5 Å². The summed E-state index contributed by atoms with van der Waals surface area (Å²) in [6, 6.07) is 0. The van der Waals surface area contributed by atoms with E-state index in [9.17, 15) is 9.50 Å². The maximum absolute atomic E-state index is 14.1. The minimum absolute atomic E-state index is 0.0983. The van der Waals surface area contributed by atoms with Crippen LogP contribution in [-0.4, -0.2) is 37.6 Å². The second-order valence-electron chi connectivity index (χ2n) is 7.99. The first kappa shape index (κ1) is 21.0. The zero-order chi connectivity index (χ0) is 21.0. The molecule has 0 aromatic carbocycles. The fourth-order valence-corrected chi connectivity index (χ4v) is 3.27. The summed E-state index contributed by atoms with van der Waals surface area (Å²) in [5.74, 6) is -0.250. The molecule has 0 saturated heterocycles. The summed E-state index contributed by atoms with van der Waals surface area (Å²) in [7, 11) is 0. The molecular weight excluding hydrogens is 375 g/mol. The van der Waals surface area contributed by atoms with Crippen LogP contribution in [0.4, 0.5) is 16.0 Å². The van der Waals surface area contributed by atoms with Crippen molar-refractivity contribution in [1.82, 2.24) is 19.7 Å². The number of anilines is 2. The van der Waals surface area contributed by atoms with Gasteiger partial charge in [-0.3, -0.25) is 4.85 Å². The Morgan fingerprint density at radius 1 is 1.38 bits per heavy atom. The molecule has 0 bridgehead atoms. The first-order valence-electron chi connectivity index (χ1n) is 9.84. The van der Waals surface area contributed by atoms with Gasteiger partial charge in [-0.05, 0) is 38.5 Å². The molecule has 2 heterocycles. The Balaban J connectivity index is 1.69. The van der Waals surface area contributed by atoms with E-state index in [0.29, 0.717) is 18.0 Å². The van der Waals surface area contributed by atoms with E-state index in [0.717, 1.165) is 38.3 Å². The predicted octanol–water partition coefficient (Wildman–Crippen LogP) is 3.80. The van der Waals surface area contributed by atoms with Crippen LogP contribution in [0, 0.1) is 25.2 Å². The zero-order valence-corrected chi connectivity index (χ0v) is 17.0. The van der Waals surface area contributed by atoms with Crippen LogP contribution < -0.4 is 10.1 Å². The molecule has 29 heavy (non-hydrogen) atoms. The molecule has 1 fully saturated rings. The number of aryl methyl sites for hydroxylation is 1. The van der Waals surface area contributed by atoms with Gasteiger partial charge in [0.25, 0.3) is 5.88 Å². The van der Waals surface area contributed by atoms with Crippen molar-refractivity contribution in [3.8, 4) is 5.88 Å². The van der Waals surface area contributed by atoms with Crippen molar-refractivity contribution in [3.63, 3.8) is 0 Å². The van der Waals surface area contributed by atoms with Crippen LogP contribution in [0.1, 0.15) is 51.6 Å². The molecule has 2 N–H and O–H groups in total. The molecule has 2 aromatic rings. The van der Waals surface area contributed by atoms with Crippen LogP contribution in [0.25, 0.3) is 4.85 Å². The number of aromatic nitrogens is 4. The maximum atomic E-state index is 14.1. The van der Waals surface area contributed by atoms with Gasteiger partial charge in [0.1, 0.15) is 0 Å². The Morgan fingerprint density at radius 2 is 2.17 bits per heavy atom. The molecule has 156 valence electrons. The highest BCUT2D eigenvalue weighted by molar-refractivity contribution is 5.55. The van der Waals surface area contributed by atoms with Gasteiger partial charge in [-0.2, -0.15) is 19.2 Å². The molecule has 0 amide bonds. The van der Waals surface area contributed by atoms with E-state index in [2.05, 4.69) is 25.2 Å². The molecule has 1 aliphatic carbocycles. The number of aliphatic hydroxyl groups excluding tert-OH is 1. The van der Waals surface area contributed by atoms with Crippen molar-refractivity contribution < 1.29 is 14.2 Å². The Bertz CT molecular complexity index is 892. The van der Waals surface area contributed by atoms with Crippen LogP contribution in [0.3, 0.4) is 0 Å². The van der Waals surface area contributed by atoms with Gasteiger partial charge in [0.05, 0.1) is 36.5 Å². The molecule has 2 aromatic heterocycles. The number of ether oxygens (including phenoxy) is 1. The van der Waals surface area contributed by atoms with Crippen LogP contribution >= 0.6 is 0 Å². The maximum Gasteiger partial charge on any atom is 0.319 e. The quantitative estimate of drug-likeness (QED) is 0.564. The third-order valence-electron chi connectivity index (χ3n) is 5.21. The highest BCUT2D eigenvalue weighted by atomic mass is 19.1. The molecule has 2 atom stereocenters. The van der Waals surface area contributed by atoms with E-state index in [-0.39, 0.29) is 23.9 Å². The van der Waals surface area contributed by atoms with Gasteiger partial charge in [0, 0.05) is 13.8 Å². The van der Waals surface area contributed by atoms with Gasteiger partial charge in [0.2, 0.25) is 11.8 Å². The zero-order valence-electron chi connectivity index (χ0n) is 17.0. The number of nitrogens with one attached hydrogen (secondary N) is 1. The highest BCUT2D eigenvalue weighted by Crippen LogP contribution is 2.26. The van der Waals surface area contributed by atoms with Crippen molar-refractivity contribution in [2.45, 2.75) is 64.6 Å². The van der Waals surface area contributed by atoms with Crippen molar-refractivity contribution in [1.29, 1.82) is 0 Å². The van der Waals surface area contributed by atoms with Gasteiger partial charge in [-0.1, -0.05) is 6.42 Å². The van der Waals surface area contributed by atoms with Crippen LogP contribution in [-0.2, 0) is 5.66 Å². The second-order valence-corrected chi connectivity index (χ2v) is 7.99. The van der Waals surface area contributed by atoms with Gasteiger partial charge in [0.15, 0.2) is 0 Å². The molecule has 0 spiro atoms. The third-order valence-corrected chi connectivity index (χ3v) is 5.21. The summed E-state index contributed by atoms with van der Waals surface area (Å²) in [6.07, 6.45) is 6.84. The fraction of sp³-hybridized carbons (Fsp3) is 0.600. The van der Waals surface area contributed by atoms with Crippen molar-refractivity contribution in [2.75, 3.05) is 11.9 Å². The monoisotopic (exact) mass is 402 g/mol. The van der Waals surface area contributed by atoms with Crippen LogP contribution in [0.15, 0.2) is 12.4 Å². The van der Waals surface area contributed by atoms with Crippen molar-refractivity contribution in [2.24, 2.45) is 5.92 Å². The summed E-state index contributed by atoms with van der Waals surface area (Å²) < 4.78 is 21.3. The lowest BCUT2D eigenvalue weighted by molar-refractivity contribution is 0.152. The Kier molecular flexibility index (Phi) is 6.33. The van der Waals surface area contributed by atoms with Gasteiger partial charge in [-0.15, -0.1) is 0 Å². The molecule has 2 unspecified atom stereocenters. The lowest BCUT2D eigenvalue weighted by Gasteiger charge is -2.15. The standard InChI is InChI=1S/C20H27FN6O2/c1-13-17(11-27(26-13)20(2,3)22-4)24-19-23-10-16(21)18(25-19)29-12-14-6-5-7-15(28)9-8-14/h10-11,14-15,28H,5-9,12H2,1-3H3,(H,23,24,25). The second kappa shape index (κ2) is 8.74. The fourth-order valence-electron chi connectivity index (χ4n) is 3.27.